The molecule has 2 N–H and O–H groups in total. The molecule has 2 atom stereocenters. The zero-order valence-electron chi connectivity index (χ0n) is 10.5. The second-order valence-electron chi connectivity index (χ2n) is 4.21. The average Bonchev–Trinajstić information content (AvgIpc) is 2.48. The number of nitrogens with one attached hydrogen (secondary N) is 1. The summed E-state index contributed by atoms with van der Waals surface area (Å²) in [5.41, 5.74) is 0.990. The molecule has 2 aromatic rings. The van der Waals surface area contributed by atoms with Crippen LogP contribution in [0.3, 0.4) is 0 Å². The molecule has 0 radical (unpaired) electrons. The van der Waals surface area contributed by atoms with Crippen LogP contribution in [0, 0.1) is 0 Å². The summed E-state index contributed by atoms with van der Waals surface area (Å²) in [4.78, 5) is 19.6. The molecule has 0 aliphatic rings. The van der Waals surface area contributed by atoms with E-state index >= 15 is 0 Å². The van der Waals surface area contributed by atoms with Gasteiger partial charge < -0.3 is 10.4 Å². The summed E-state index contributed by atoms with van der Waals surface area (Å²) < 4.78 is 0. The first-order valence-corrected chi connectivity index (χ1v) is 5.98. The molecule has 19 heavy (non-hydrogen) atoms. The molecule has 0 fully saturated rings. The number of aromatic nitrogens is 2. The number of aliphatic hydroxyl groups is 1. The summed E-state index contributed by atoms with van der Waals surface area (Å²) in [5.74, 6) is -0.351. The van der Waals surface area contributed by atoms with Gasteiger partial charge in [-0.2, -0.15) is 0 Å². The molecule has 2 rings (SSSR count). The van der Waals surface area contributed by atoms with Crippen LogP contribution in [0.25, 0.3) is 0 Å². The molecule has 0 saturated heterocycles. The van der Waals surface area contributed by atoms with Crippen LogP contribution in [-0.4, -0.2) is 27.0 Å². The monoisotopic (exact) mass is 257 g/mol. The minimum atomic E-state index is -0.762. The Bertz CT molecular complexity index is 531. The molecule has 0 aliphatic carbocycles. The summed E-state index contributed by atoms with van der Waals surface area (Å²) in [5, 5.41) is 12.8. The first-order valence-electron chi connectivity index (χ1n) is 5.98. The summed E-state index contributed by atoms with van der Waals surface area (Å²) in [7, 11) is 0. The third kappa shape index (κ3) is 3.35. The molecule has 0 aliphatic heterocycles. The van der Waals surface area contributed by atoms with Crippen LogP contribution in [0.1, 0.15) is 29.1 Å². The first-order chi connectivity index (χ1) is 9.18. The number of amides is 1. The van der Waals surface area contributed by atoms with Gasteiger partial charge in [-0.3, -0.25) is 9.78 Å². The molecule has 1 unspecified atom stereocenters. The smallest absolute Gasteiger partial charge is 0.271 e. The van der Waals surface area contributed by atoms with E-state index in [0.717, 1.165) is 5.56 Å². The number of hydrogen-bond acceptors (Lipinski definition) is 4. The van der Waals surface area contributed by atoms with Crippen LogP contribution in [0.2, 0.25) is 0 Å². The van der Waals surface area contributed by atoms with Gasteiger partial charge in [-0.15, -0.1) is 0 Å². The van der Waals surface area contributed by atoms with Crippen molar-refractivity contribution in [2.45, 2.75) is 19.1 Å². The van der Waals surface area contributed by atoms with Crippen LogP contribution in [0.5, 0.6) is 0 Å². The van der Waals surface area contributed by atoms with Crippen LogP contribution >= 0.6 is 0 Å². The topological polar surface area (TPSA) is 75.1 Å². The van der Waals surface area contributed by atoms with E-state index in [1.807, 2.05) is 30.3 Å². The van der Waals surface area contributed by atoms with Gasteiger partial charge in [-0.1, -0.05) is 30.3 Å². The molecule has 1 aromatic carbocycles. The molecular formula is C14H15N3O2. The van der Waals surface area contributed by atoms with Crippen LogP contribution in [-0.2, 0) is 0 Å². The highest BCUT2D eigenvalue weighted by Gasteiger charge is 2.19. The lowest BCUT2D eigenvalue weighted by Crippen LogP contribution is -2.37. The second-order valence-corrected chi connectivity index (χ2v) is 4.21. The fourth-order valence-electron chi connectivity index (χ4n) is 1.71. The minimum Gasteiger partial charge on any atom is -0.386 e. The normalized spacial score (nSPS) is 13.6. The zero-order chi connectivity index (χ0) is 13.7. The highest BCUT2D eigenvalue weighted by molar-refractivity contribution is 5.92. The molecule has 1 amide bonds. The van der Waals surface area contributed by atoms with Gasteiger partial charge in [0.1, 0.15) is 5.69 Å². The summed E-state index contributed by atoms with van der Waals surface area (Å²) in [6.07, 6.45) is 3.57. The van der Waals surface area contributed by atoms with E-state index < -0.39 is 12.1 Å². The number of benzene rings is 1. The predicted molar refractivity (Wildman–Crippen MR) is 70.4 cm³/mol. The number of hydrogen-bond donors (Lipinski definition) is 2. The van der Waals surface area contributed by atoms with E-state index in [9.17, 15) is 9.90 Å². The van der Waals surface area contributed by atoms with Crippen LogP contribution < -0.4 is 5.32 Å². The molecule has 5 nitrogen and oxygen atoms in total. The maximum Gasteiger partial charge on any atom is 0.271 e. The SMILES string of the molecule is C[C@@H](NC(=O)c1cnccn1)C(O)c1ccccc1. The summed E-state index contributed by atoms with van der Waals surface area (Å²) in [6, 6.07) is 8.77. The van der Waals surface area contributed by atoms with Crippen molar-refractivity contribution in [3.05, 3.63) is 60.2 Å². The molecule has 1 heterocycles. The molecule has 98 valence electrons. The van der Waals surface area contributed by atoms with E-state index in [1.165, 1.54) is 18.6 Å². The maximum absolute atomic E-state index is 11.9. The number of carbonyl (C=O) groups excluding carboxylic acids is 1. The van der Waals surface area contributed by atoms with Gasteiger partial charge in [-0.05, 0) is 12.5 Å². The van der Waals surface area contributed by atoms with E-state index in [4.69, 9.17) is 0 Å². The van der Waals surface area contributed by atoms with Gasteiger partial charge in [-0.25, -0.2) is 4.98 Å². The summed E-state index contributed by atoms with van der Waals surface area (Å²) >= 11 is 0. The molecule has 0 spiro atoms. The fourth-order valence-corrected chi connectivity index (χ4v) is 1.71. The lowest BCUT2D eigenvalue weighted by Gasteiger charge is -2.20. The third-order valence-electron chi connectivity index (χ3n) is 2.77. The molecule has 1 aromatic heterocycles. The molecule has 5 heteroatoms. The summed E-state index contributed by atoms with van der Waals surface area (Å²) in [6.45, 7) is 1.74. The van der Waals surface area contributed by atoms with Gasteiger partial charge in [0.15, 0.2) is 0 Å². The first kappa shape index (κ1) is 13.2. The number of carbonyl (C=O) groups is 1. The highest BCUT2D eigenvalue weighted by atomic mass is 16.3. The van der Waals surface area contributed by atoms with Gasteiger partial charge in [0, 0.05) is 12.4 Å². The van der Waals surface area contributed by atoms with Crippen molar-refractivity contribution in [1.29, 1.82) is 0 Å². The fraction of sp³-hybridized carbons (Fsp3) is 0.214. The van der Waals surface area contributed by atoms with Gasteiger partial charge in [0.25, 0.3) is 5.91 Å². The lowest BCUT2D eigenvalue weighted by molar-refractivity contribution is 0.0847. The highest BCUT2D eigenvalue weighted by Crippen LogP contribution is 2.16. The largest absolute Gasteiger partial charge is 0.386 e. The van der Waals surface area contributed by atoms with Gasteiger partial charge >= 0.3 is 0 Å². The Hall–Kier alpha value is -2.27. The quantitative estimate of drug-likeness (QED) is 0.866. The standard InChI is InChI=1S/C14H15N3O2/c1-10(13(18)11-5-3-2-4-6-11)17-14(19)12-9-15-7-8-16-12/h2-10,13,18H,1H3,(H,17,19)/t10-,13?/m1/s1. The van der Waals surface area contributed by atoms with E-state index in [2.05, 4.69) is 15.3 Å². The van der Waals surface area contributed by atoms with Crippen molar-refractivity contribution in [2.75, 3.05) is 0 Å². The van der Waals surface area contributed by atoms with Crippen molar-refractivity contribution in [2.24, 2.45) is 0 Å². The van der Waals surface area contributed by atoms with Crippen molar-refractivity contribution >= 4 is 5.91 Å². The molecule has 0 saturated carbocycles. The maximum atomic E-state index is 11.9. The van der Waals surface area contributed by atoms with E-state index in [0.29, 0.717) is 0 Å². The zero-order valence-corrected chi connectivity index (χ0v) is 10.5. The Balaban J connectivity index is 2.02. The Morgan fingerprint density at radius 2 is 2.00 bits per heavy atom. The van der Waals surface area contributed by atoms with Gasteiger partial charge in [0.05, 0.1) is 18.3 Å². The van der Waals surface area contributed by atoms with Crippen molar-refractivity contribution in [1.82, 2.24) is 15.3 Å². The van der Waals surface area contributed by atoms with E-state index in [-0.39, 0.29) is 11.6 Å². The third-order valence-corrected chi connectivity index (χ3v) is 2.77. The minimum absolute atomic E-state index is 0.231. The lowest BCUT2D eigenvalue weighted by atomic mass is 10.0. The van der Waals surface area contributed by atoms with Crippen LogP contribution in [0.4, 0.5) is 0 Å². The van der Waals surface area contributed by atoms with Crippen molar-refractivity contribution in [3.63, 3.8) is 0 Å². The Kier molecular flexibility index (Phi) is 4.20. The average molecular weight is 257 g/mol. The number of aliphatic hydroxyl groups excluding tert-OH is 1. The van der Waals surface area contributed by atoms with Crippen molar-refractivity contribution < 1.29 is 9.90 Å². The Morgan fingerprint density at radius 1 is 1.26 bits per heavy atom. The Labute approximate surface area is 111 Å². The van der Waals surface area contributed by atoms with Crippen molar-refractivity contribution in [3.8, 4) is 0 Å². The van der Waals surface area contributed by atoms with Crippen LogP contribution in [0.15, 0.2) is 48.9 Å². The second kappa shape index (κ2) is 6.06. The molecular weight excluding hydrogens is 242 g/mol. The Morgan fingerprint density at radius 3 is 2.63 bits per heavy atom. The predicted octanol–water partition coefficient (Wildman–Crippen LogP) is 1.33. The van der Waals surface area contributed by atoms with E-state index in [1.54, 1.807) is 6.92 Å². The van der Waals surface area contributed by atoms with Gasteiger partial charge in [0.2, 0.25) is 0 Å². The molecule has 0 bridgehead atoms. The number of nitrogens with zero attached hydrogens (tertiary/aromatic N) is 2. The number of rotatable bonds is 4.